The zero-order valence-corrected chi connectivity index (χ0v) is 16.1. The van der Waals surface area contributed by atoms with Gasteiger partial charge in [0.05, 0.1) is 11.4 Å². The van der Waals surface area contributed by atoms with E-state index in [4.69, 9.17) is 14.5 Å². The maximum atomic E-state index is 6.22. The van der Waals surface area contributed by atoms with Crippen molar-refractivity contribution >= 4 is 16.6 Å². The number of hydrogen-bond acceptors (Lipinski definition) is 3. The van der Waals surface area contributed by atoms with Gasteiger partial charge in [0.2, 0.25) is 0 Å². The molecule has 0 saturated heterocycles. The molecule has 1 aromatic carbocycles. The van der Waals surface area contributed by atoms with E-state index in [2.05, 4.69) is 39.8 Å². The van der Waals surface area contributed by atoms with Crippen LogP contribution < -0.4 is 0 Å². The van der Waals surface area contributed by atoms with Crippen LogP contribution in [0.15, 0.2) is 34.7 Å². The molecule has 0 bridgehead atoms. The Bertz CT molecular complexity index is 1100. The Kier molecular flexibility index (Phi) is 4.06. The van der Waals surface area contributed by atoms with Gasteiger partial charge in [0.1, 0.15) is 11.3 Å². The summed E-state index contributed by atoms with van der Waals surface area (Å²) in [5.41, 5.74) is 7.20. The smallest absolute Gasteiger partial charge is 0.158 e. The fourth-order valence-corrected chi connectivity index (χ4v) is 3.97. The van der Waals surface area contributed by atoms with Gasteiger partial charge in [-0.1, -0.05) is 32.0 Å². The lowest BCUT2D eigenvalue weighted by molar-refractivity contribution is 0.620. The monoisotopic (exact) mass is 347 g/mol. The summed E-state index contributed by atoms with van der Waals surface area (Å²) >= 11 is 0. The summed E-state index contributed by atoms with van der Waals surface area (Å²) in [4.78, 5) is 4.90. The summed E-state index contributed by atoms with van der Waals surface area (Å²) in [5, 5.41) is 5.93. The maximum absolute atomic E-state index is 6.22. The van der Waals surface area contributed by atoms with Crippen LogP contribution in [0, 0.1) is 20.8 Å². The standard InChI is InChI=1S/C22H25N3O/c1-6-16(7-2)18-12-13(3)24-25-20(15(5)23-22(18)25)21-14(4)17-10-8-9-11-19(17)26-21/h8-12,16H,6-7H2,1-5H3. The Morgan fingerprint density at radius 3 is 2.50 bits per heavy atom. The van der Waals surface area contributed by atoms with Crippen molar-refractivity contribution in [3.63, 3.8) is 0 Å². The first-order valence-corrected chi connectivity index (χ1v) is 9.40. The normalized spacial score (nSPS) is 11.9. The number of fused-ring (bicyclic) bond motifs is 2. The minimum atomic E-state index is 0.491. The third-order valence-corrected chi connectivity index (χ3v) is 5.39. The molecule has 0 N–H and O–H groups in total. The molecule has 4 rings (SSSR count). The van der Waals surface area contributed by atoms with Crippen LogP contribution in [0.5, 0.6) is 0 Å². The van der Waals surface area contributed by atoms with Crippen LogP contribution in [0.4, 0.5) is 0 Å². The van der Waals surface area contributed by atoms with E-state index in [1.54, 1.807) is 0 Å². The number of aryl methyl sites for hydroxylation is 3. The number of hydrogen-bond donors (Lipinski definition) is 0. The predicted molar refractivity (Wildman–Crippen MR) is 106 cm³/mol. The molecule has 0 aliphatic heterocycles. The van der Waals surface area contributed by atoms with Gasteiger partial charge < -0.3 is 4.42 Å². The van der Waals surface area contributed by atoms with Crippen molar-refractivity contribution in [2.45, 2.75) is 53.4 Å². The van der Waals surface area contributed by atoms with E-state index in [1.807, 2.05) is 29.6 Å². The number of aromatic nitrogens is 3. The third-order valence-electron chi connectivity index (χ3n) is 5.39. The second-order valence-electron chi connectivity index (χ2n) is 7.09. The lowest BCUT2D eigenvalue weighted by atomic mass is 9.95. The van der Waals surface area contributed by atoms with Gasteiger partial charge in [0, 0.05) is 16.5 Å². The van der Waals surface area contributed by atoms with Crippen molar-refractivity contribution in [1.29, 1.82) is 0 Å². The Labute approximate surface area is 153 Å². The van der Waals surface area contributed by atoms with E-state index in [-0.39, 0.29) is 0 Å². The topological polar surface area (TPSA) is 43.3 Å². The van der Waals surface area contributed by atoms with E-state index >= 15 is 0 Å². The number of furan rings is 1. The Morgan fingerprint density at radius 1 is 1.08 bits per heavy atom. The SMILES string of the molecule is CCC(CC)c1cc(C)nn2c(-c3oc4ccccc4c3C)c(C)nc12. The zero-order chi connectivity index (χ0) is 18.4. The maximum Gasteiger partial charge on any atom is 0.158 e. The number of imidazole rings is 1. The molecule has 0 radical (unpaired) electrons. The summed E-state index contributed by atoms with van der Waals surface area (Å²) in [6, 6.07) is 10.4. The Hall–Kier alpha value is -2.62. The highest BCUT2D eigenvalue weighted by molar-refractivity contribution is 5.87. The molecule has 0 aliphatic rings. The number of para-hydroxylation sites is 1. The molecule has 0 amide bonds. The van der Waals surface area contributed by atoms with E-state index in [1.165, 1.54) is 5.56 Å². The summed E-state index contributed by atoms with van der Waals surface area (Å²) in [7, 11) is 0. The van der Waals surface area contributed by atoms with Gasteiger partial charge in [-0.15, -0.1) is 0 Å². The van der Waals surface area contributed by atoms with Crippen molar-refractivity contribution < 1.29 is 4.42 Å². The highest BCUT2D eigenvalue weighted by atomic mass is 16.3. The zero-order valence-electron chi connectivity index (χ0n) is 16.1. The van der Waals surface area contributed by atoms with E-state index < -0.39 is 0 Å². The molecule has 26 heavy (non-hydrogen) atoms. The third kappa shape index (κ3) is 2.44. The summed E-state index contributed by atoms with van der Waals surface area (Å²) in [6.45, 7) is 10.7. The van der Waals surface area contributed by atoms with Crippen LogP contribution in [0.2, 0.25) is 0 Å². The van der Waals surface area contributed by atoms with Crippen molar-refractivity contribution in [3.8, 4) is 11.5 Å². The largest absolute Gasteiger partial charge is 0.454 e. The molecule has 0 unspecified atom stereocenters. The Balaban J connectivity index is 2.04. The van der Waals surface area contributed by atoms with Gasteiger partial charge >= 0.3 is 0 Å². The van der Waals surface area contributed by atoms with Gasteiger partial charge in [-0.3, -0.25) is 0 Å². The number of rotatable bonds is 4. The number of benzene rings is 1. The molecule has 4 aromatic rings. The van der Waals surface area contributed by atoms with Crippen molar-refractivity contribution in [3.05, 3.63) is 52.8 Å². The Morgan fingerprint density at radius 2 is 1.81 bits per heavy atom. The minimum absolute atomic E-state index is 0.491. The van der Waals surface area contributed by atoms with Gasteiger partial charge in [-0.2, -0.15) is 5.10 Å². The molecule has 4 heteroatoms. The first kappa shape index (κ1) is 16.8. The molecule has 0 aliphatic carbocycles. The molecule has 0 spiro atoms. The van der Waals surface area contributed by atoms with Crippen molar-refractivity contribution in [1.82, 2.24) is 14.6 Å². The molecule has 0 fully saturated rings. The average molecular weight is 347 g/mol. The summed E-state index contributed by atoms with van der Waals surface area (Å²) in [6.07, 6.45) is 2.20. The van der Waals surface area contributed by atoms with E-state index in [9.17, 15) is 0 Å². The fourth-order valence-electron chi connectivity index (χ4n) is 3.97. The molecular weight excluding hydrogens is 322 g/mol. The lowest BCUT2D eigenvalue weighted by Crippen LogP contribution is -2.05. The van der Waals surface area contributed by atoms with Gasteiger partial charge in [-0.05, 0) is 51.7 Å². The molecule has 3 heterocycles. The quantitative estimate of drug-likeness (QED) is 0.456. The predicted octanol–water partition coefficient (Wildman–Crippen LogP) is 5.97. The molecule has 3 aromatic heterocycles. The van der Waals surface area contributed by atoms with E-state index in [0.717, 1.165) is 57.9 Å². The van der Waals surface area contributed by atoms with Crippen molar-refractivity contribution in [2.75, 3.05) is 0 Å². The second-order valence-corrected chi connectivity index (χ2v) is 7.09. The van der Waals surface area contributed by atoms with Crippen LogP contribution in [0.3, 0.4) is 0 Å². The fraction of sp³-hybridized carbons (Fsp3) is 0.364. The van der Waals surface area contributed by atoms with Crippen LogP contribution in [0.1, 0.15) is 55.1 Å². The van der Waals surface area contributed by atoms with Crippen LogP contribution in [0.25, 0.3) is 28.1 Å². The van der Waals surface area contributed by atoms with E-state index in [0.29, 0.717) is 5.92 Å². The molecule has 4 nitrogen and oxygen atoms in total. The highest BCUT2D eigenvalue weighted by Gasteiger charge is 2.23. The van der Waals surface area contributed by atoms with Gasteiger partial charge in [-0.25, -0.2) is 9.50 Å². The van der Waals surface area contributed by atoms with Gasteiger partial charge in [0.25, 0.3) is 0 Å². The first-order valence-electron chi connectivity index (χ1n) is 9.40. The minimum Gasteiger partial charge on any atom is -0.454 e. The van der Waals surface area contributed by atoms with Gasteiger partial charge in [0.15, 0.2) is 11.4 Å². The molecular formula is C22H25N3O. The highest BCUT2D eigenvalue weighted by Crippen LogP contribution is 2.36. The summed E-state index contributed by atoms with van der Waals surface area (Å²) < 4.78 is 8.21. The van der Waals surface area contributed by atoms with Crippen molar-refractivity contribution in [2.24, 2.45) is 0 Å². The first-order chi connectivity index (χ1) is 12.5. The lowest BCUT2D eigenvalue weighted by Gasteiger charge is -2.14. The second kappa shape index (κ2) is 6.27. The molecule has 0 atom stereocenters. The van der Waals surface area contributed by atoms with Crippen LogP contribution in [-0.2, 0) is 0 Å². The molecule has 0 saturated carbocycles. The number of nitrogens with zero attached hydrogens (tertiary/aromatic N) is 3. The molecule has 134 valence electrons. The average Bonchev–Trinajstić information content (AvgIpc) is 3.13. The summed E-state index contributed by atoms with van der Waals surface area (Å²) in [5.74, 6) is 1.36. The van der Waals surface area contributed by atoms with Crippen LogP contribution in [-0.4, -0.2) is 14.6 Å². The van der Waals surface area contributed by atoms with Crippen LogP contribution >= 0.6 is 0 Å².